The van der Waals surface area contributed by atoms with Gasteiger partial charge in [0.1, 0.15) is 23.4 Å². The van der Waals surface area contributed by atoms with E-state index < -0.39 is 6.16 Å². The number of nitrogens with one attached hydrogen (secondary N) is 1. The van der Waals surface area contributed by atoms with Gasteiger partial charge in [-0.05, 0) is 73.3 Å². The summed E-state index contributed by atoms with van der Waals surface area (Å²) in [7, 11) is 0. The number of anilines is 1. The van der Waals surface area contributed by atoms with Gasteiger partial charge >= 0.3 is 6.16 Å². The number of rotatable bonds is 10. The van der Waals surface area contributed by atoms with Gasteiger partial charge < -0.3 is 19.5 Å². The minimum Gasteiger partial charge on any atom is -0.494 e. The Morgan fingerprint density at radius 2 is 2.11 bits per heavy atom. The Labute approximate surface area is 218 Å². The Morgan fingerprint density at radius 1 is 1.25 bits per heavy atom. The van der Waals surface area contributed by atoms with Gasteiger partial charge in [-0.25, -0.2) is 4.79 Å². The number of carbonyl (C=O) groups excluding carboxylic acids is 2. The third kappa shape index (κ3) is 6.62. The lowest BCUT2D eigenvalue weighted by atomic mass is 9.88. The number of aryl methyl sites for hydroxylation is 1. The molecule has 0 fully saturated rings. The summed E-state index contributed by atoms with van der Waals surface area (Å²) in [6.07, 6.45) is 2.31. The van der Waals surface area contributed by atoms with Crippen molar-refractivity contribution >= 4 is 39.9 Å². The normalized spacial score (nSPS) is 14.4. The molecule has 8 nitrogen and oxygen atoms in total. The zero-order valence-electron chi connectivity index (χ0n) is 20.0. The summed E-state index contributed by atoms with van der Waals surface area (Å²) < 4.78 is 20.1. The maximum atomic E-state index is 12.7. The van der Waals surface area contributed by atoms with Crippen molar-refractivity contribution in [3.05, 3.63) is 63.0 Å². The van der Waals surface area contributed by atoms with E-state index in [1.54, 1.807) is 6.07 Å². The number of benzene rings is 1. The van der Waals surface area contributed by atoms with Crippen LogP contribution in [0.1, 0.15) is 47.0 Å². The molecule has 2 aromatic heterocycles. The highest BCUT2D eigenvalue weighted by atomic mass is 32.1. The molecule has 10 heteroatoms. The quantitative estimate of drug-likeness (QED) is 0.348. The molecule has 0 saturated carbocycles. The first-order valence-electron chi connectivity index (χ1n) is 11.8. The highest BCUT2D eigenvalue weighted by Crippen LogP contribution is 2.39. The third-order valence-electron chi connectivity index (χ3n) is 5.89. The summed E-state index contributed by atoms with van der Waals surface area (Å²) in [5, 5.41) is 15.1. The van der Waals surface area contributed by atoms with Crippen LogP contribution in [0.4, 0.5) is 9.80 Å². The summed E-state index contributed by atoms with van der Waals surface area (Å²) in [6.45, 7) is 2.83. The molecule has 1 aliphatic carbocycles. The van der Waals surface area contributed by atoms with Gasteiger partial charge in [-0.3, -0.25) is 4.79 Å². The fourth-order valence-electron chi connectivity index (χ4n) is 4.12. The molecule has 1 N–H and O–H groups in total. The number of carbonyl (C=O) groups is 2. The topological polar surface area (TPSA) is 111 Å². The van der Waals surface area contributed by atoms with E-state index in [9.17, 15) is 14.9 Å². The lowest BCUT2D eigenvalue weighted by molar-refractivity contribution is -0.116. The maximum absolute atomic E-state index is 12.7. The molecule has 36 heavy (non-hydrogen) atoms. The molecule has 0 radical (unpaired) electrons. The predicted octanol–water partition coefficient (Wildman–Crippen LogP) is 5.50. The first-order chi connectivity index (χ1) is 17.6. The zero-order valence-corrected chi connectivity index (χ0v) is 21.6. The number of thiophene rings is 1. The Kier molecular flexibility index (Phi) is 8.92. The summed E-state index contributed by atoms with van der Waals surface area (Å²) in [6, 6.07) is 11.8. The molecule has 2 heterocycles. The molecule has 0 spiro atoms. The molecule has 188 valence electrons. The standard InChI is InChI=1S/C26H27N3O5S2/c1-2-32-22-6-4-3-5-18(22)8-10-24(30)28-25-21(14-27)20-9-7-17(13-23(20)36-25)15-33-26(31)34-16-19-11-12-35-29-19/h3-6,11-12,17H,2,7-10,13,15-16H2,1H3,(H,28,30). The molecule has 1 aromatic carbocycles. The van der Waals surface area contributed by atoms with E-state index >= 15 is 0 Å². The van der Waals surface area contributed by atoms with Gasteiger partial charge in [-0.1, -0.05) is 18.2 Å². The third-order valence-corrected chi connectivity index (χ3v) is 7.66. The molecule has 1 unspecified atom stereocenters. The van der Waals surface area contributed by atoms with Gasteiger partial charge in [-0.2, -0.15) is 9.64 Å². The summed E-state index contributed by atoms with van der Waals surface area (Å²) in [4.78, 5) is 25.7. The van der Waals surface area contributed by atoms with Gasteiger partial charge in [0.25, 0.3) is 0 Å². The number of para-hydroxylation sites is 1. The predicted molar refractivity (Wildman–Crippen MR) is 137 cm³/mol. The molecule has 0 saturated heterocycles. The molecular formula is C26H27N3O5S2. The van der Waals surface area contributed by atoms with Crippen LogP contribution in [-0.2, 0) is 40.1 Å². The molecular weight excluding hydrogens is 498 g/mol. The van der Waals surface area contributed by atoms with Crippen molar-refractivity contribution in [2.75, 3.05) is 18.5 Å². The molecule has 0 aliphatic heterocycles. The molecule has 0 bridgehead atoms. The number of ether oxygens (including phenoxy) is 3. The number of nitriles is 1. The van der Waals surface area contributed by atoms with E-state index in [0.717, 1.165) is 28.2 Å². The summed E-state index contributed by atoms with van der Waals surface area (Å²) in [5.74, 6) is 0.782. The van der Waals surface area contributed by atoms with Crippen LogP contribution in [0.2, 0.25) is 0 Å². The van der Waals surface area contributed by atoms with Gasteiger partial charge in [0, 0.05) is 16.7 Å². The zero-order chi connectivity index (χ0) is 25.3. The fourth-order valence-corrected chi connectivity index (χ4v) is 5.98. The SMILES string of the molecule is CCOc1ccccc1CCC(=O)Nc1sc2c(c1C#N)CCC(COC(=O)OCc1ccsn1)C2. The van der Waals surface area contributed by atoms with Crippen molar-refractivity contribution < 1.29 is 23.8 Å². The number of hydrogen-bond acceptors (Lipinski definition) is 9. The second-order valence-corrected chi connectivity index (χ2v) is 10.1. The Hall–Kier alpha value is -3.42. The van der Waals surface area contributed by atoms with Gasteiger partial charge in [0.2, 0.25) is 5.91 Å². The molecule has 4 rings (SSSR count). The van der Waals surface area contributed by atoms with Crippen molar-refractivity contribution in [1.29, 1.82) is 5.26 Å². The maximum Gasteiger partial charge on any atom is 0.508 e. The van der Waals surface area contributed by atoms with Crippen LogP contribution in [0.3, 0.4) is 0 Å². The lowest BCUT2D eigenvalue weighted by Gasteiger charge is -2.21. The number of nitrogens with zero attached hydrogens (tertiary/aromatic N) is 2. The monoisotopic (exact) mass is 525 g/mol. The van der Waals surface area contributed by atoms with Gasteiger partial charge in [0.15, 0.2) is 0 Å². The number of amides is 1. The average Bonchev–Trinajstić information content (AvgIpc) is 3.53. The first-order valence-corrected chi connectivity index (χ1v) is 13.5. The van der Waals surface area contributed by atoms with Crippen LogP contribution >= 0.6 is 22.9 Å². The number of fused-ring (bicyclic) bond motifs is 1. The van der Waals surface area contributed by atoms with Gasteiger partial charge in [-0.15, -0.1) is 11.3 Å². The van der Waals surface area contributed by atoms with E-state index in [2.05, 4.69) is 15.8 Å². The lowest BCUT2D eigenvalue weighted by Crippen LogP contribution is -2.21. The smallest absolute Gasteiger partial charge is 0.494 e. The first kappa shape index (κ1) is 25.7. The van der Waals surface area contributed by atoms with Crippen molar-refractivity contribution in [3.63, 3.8) is 0 Å². The Balaban J connectivity index is 1.30. The van der Waals surface area contributed by atoms with E-state index in [-0.39, 0.29) is 31.5 Å². The highest BCUT2D eigenvalue weighted by molar-refractivity contribution is 7.16. The van der Waals surface area contributed by atoms with E-state index in [1.165, 1.54) is 22.9 Å². The molecule has 1 atom stereocenters. The summed E-state index contributed by atoms with van der Waals surface area (Å²) in [5.41, 5.74) is 3.20. The van der Waals surface area contributed by atoms with Crippen LogP contribution in [0, 0.1) is 17.2 Å². The molecule has 3 aromatic rings. The van der Waals surface area contributed by atoms with Crippen LogP contribution in [0.15, 0.2) is 35.7 Å². The van der Waals surface area contributed by atoms with Crippen molar-refractivity contribution in [2.45, 2.75) is 45.6 Å². The van der Waals surface area contributed by atoms with Crippen LogP contribution < -0.4 is 10.1 Å². The fraction of sp³-hybridized carbons (Fsp3) is 0.385. The second kappa shape index (κ2) is 12.5. The molecule has 1 aliphatic rings. The van der Waals surface area contributed by atoms with E-state index in [0.29, 0.717) is 42.1 Å². The van der Waals surface area contributed by atoms with Gasteiger partial charge in [0.05, 0.1) is 24.5 Å². The second-order valence-electron chi connectivity index (χ2n) is 8.36. The van der Waals surface area contributed by atoms with Crippen LogP contribution in [0.25, 0.3) is 0 Å². The minimum absolute atomic E-state index is 0.0911. The number of hydrogen-bond donors (Lipinski definition) is 1. The largest absolute Gasteiger partial charge is 0.508 e. The average molecular weight is 526 g/mol. The van der Waals surface area contributed by atoms with Crippen molar-refractivity contribution in [1.82, 2.24) is 4.37 Å². The summed E-state index contributed by atoms with van der Waals surface area (Å²) >= 11 is 2.73. The Morgan fingerprint density at radius 3 is 2.89 bits per heavy atom. The van der Waals surface area contributed by atoms with Crippen molar-refractivity contribution in [3.8, 4) is 11.8 Å². The highest BCUT2D eigenvalue weighted by Gasteiger charge is 2.27. The number of aromatic nitrogens is 1. The minimum atomic E-state index is -0.712. The Bertz CT molecular complexity index is 1230. The van der Waals surface area contributed by atoms with E-state index in [4.69, 9.17) is 14.2 Å². The van der Waals surface area contributed by atoms with Crippen LogP contribution in [0.5, 0.6) is 5.75 Å². The molecule has 1 amide bonds. The van der Waals surface area contributed by atoms with E-state index in [1.807, 2.05) is 36.6 Å². The van der Waals surface area contributed by atoms with Crippen molar-refractivity contribution in [2.24, 2.45) is 5.92 Å². The van der Waals surface area contributed by atoms with Crippen LogP contribution in [-0.4, -0.2) is 29.6 Å².